The lowest BCUT2D eigenvalue weighted by Crippen LogP contribution is -2.19. The van der Waals surface area contributed by atoms with Gasteiger partial charge in [0.25, 0.3) is 0 Å². The Labute approximate surface area is 120 Å². The molecule has 0 aliphatic rings. The molecule has 110 valence electrons. The smallest absolute Gasteiger partial charge is 0.138 e. The van der Waals surface area contributed by atoms with Crippen LogP contribution in [-0.2, 0) is 6.54 Å². The molecule has 0 bridgehead atoms. The molecule has 4 heteroatoms. The molecule has 3 nitrogen and oxygen atoms in total. The Morgan fingerprint density at radius 1 is 1.30 bits per heavy atom. The zero-order valence-corrected chi connectivity index (χ0v) is 12.0. The molecule has 0 fully saturated rings. The van der Waals surface area contributed by atoms with Crippen molar-refractivity contribution in [1.29, 1.82) is 0 Å². The summed E-state index contributed by atoms with van der Waals surface area (Å²) in [5, 5.41) is 8.72. The minimum atomic E-state index is -0.305. The van der Waals surface area contributed by atoms with Gasteiger partial charge in [-0.3, -0.25) is 0 Å². The van der Waals surface area contributed by atoms with Crippen LogP contribution >= 0.6 is 0 Å². The van der Waals surface area contributed by atoms with Gasteiger partial charge >= 0.3 is 0 Å². The highest BCUT2D eigenvalue weighted by Gasteiger charge is 2.04. The second kappa shape index (κ2) is 9.49. The number of benzene rings is 1. The molecule has 0 amide bonds. The summed E-state index contributed by atoms with van der Waals surface area (Å²) >= 11 is 0. The Kier molecular flexibility index (Phi) is 7.89. The first-order valence-corrected chi connectivity index (χ1v) is 6.94. The summed E-state index contributed by atoms with van der Waals surface area (Å²) in [6.45, 7) is 2.21. The van der Waals surface area contributed by atoms with Gasteiger partial charge in [-0.2, -0.15) is 0 Å². The molecule has 0 spiro atoms. The lowest BCUT2D eigenvalue weighted by molar-refractivity contribution is 0.271. The lowest BCUT2D eigenvalue weighted by atomic mass is 10.1. The minimum absolute atomic E-state index is 0.231. The van der Waals surface area contributed by atoms with E-state index >= 15 is 0 Å². The van der Waals surface area contributed by atoms with Crippen molar-refractivity contribution in [2.75, 3.05) is 26.7 Å². The predicted molar refractivity (Wildman–Crippen MR) is 79.6 cm³/mol. The molecule has 0 unspecified atom stereocenters. The summed E-state index contributed by atoms with van der Waals surface area (Å²) in [7, 11) is 2.04. The Morgan fingerprint density at radius 2 is 2.10 bits per heavy atom. The van der Waals surface area contributed by atoms with E-state index in [0.29, 0.717) is 5.56 Å². The molecule has 0 saturated heterocycles. The number of halogens is 1. The van der Waals surface area contributed by atoms with Crippen molar-refractivity contribution in [3.05, 3.63) is 35.1 Å². The lowest BCUT2D eigenvalue weighted by Gasteiger charge is -2.16. The van der Waals surface area contributed by atoms with Crippen molar-refractivity contribution < 1.29 is 9.50 Å². The Hall–Kier alpha value is -1.41. The molecule has 0 aromatic heterocycles. The van der Waals surface area contributed by atoms with E-state index in [2.05, 4.69) is 16.7 Å². The van der Waals surface area contributed by atoms with Gasteiger partial charge in [-0.1, -0.05) is 17.9 Å². The highest BCUT2D eigenvalue weighted by atomic mass is 19.1. The number of hydrogen-bond acceptors (Lipinski definition) is 3. The maximum atomic E-state index is 13.5. The van der Waals surface area contributed by atoms with E-state index in [4.69, 9.17) is 10.8 Å². The van der Waals surface area contributed by atoms with Crippen molar-refractivity contribution in [2.24, 2.45) is 5.73 Å². The molecular formula is C16H23FN2O. The van der Waals surface area contributed by atoms with Crippen LogP contribution < -0.4 is 5.73 Å². The monoisotopic (exact) mass is 278 g/mol. The standard InChI is InChI=1S/C16H23FN2O/c1-19(10-3-2-4-11-20)13-14-7-8-16(17)15(12-14)6-5-9-18/h7-8,12,20H,2-4,9-11,13,18H2,1H3. The number of unbranched alkanes of at least 4 members (excludes halogenated alkanes) is 2. The van der Waals surface area contributed by atoms with Crippen LogP contribution in [0.15, 0.2) is 18.2 Å². The van der Waals surface area contributed by atoms with Crippen molar-refractivity contribution in [2.45, 2.75) is 25.8 Å². The first kappa shape index (κ1) is 16.6. The first-order chi connectivity index (χ1) is 9.67. The van der Waals surface area contributed by atoms with Crippen LogP contribution in [0.4, 0.5) is 4.39 Å². The van der Waals surface area contributed by atoms with Crippen LogP contribution in [0.1, 0.15) is 30.4 Å². The van der Waals surface area contributed by atoms with Crippen molar-refractivity contribution >= 4 is 0 Å². The fraction of sp³-hybridized carbons (Fsp3) is 0.500. The molecule has 3 N–H and O–H groups in total. The maximum absolute atomic E-state index is 13.5. The van der Waals surface area contributed by atoms with E-state index in [1.165, 1.54) is 6.07 Å². The third kappa shape index (κ3) is 6.16. The van der Waals surface area contributed by atoms with Gasteiger partial charge < -0.3 is 15.7 Å². The molecule has 1 aromatic carbocycles. The average Bonchev–Trinajstić information content (AvgIpc) is 2.44. The average molecular weight is 278 g/mol. The number of nitrogens with two attached hydrogens (primary N) is 1. The quantitative estimate of drug-likeness (QED) is 0.590. The zero-order chi connectivity index (χ0) is 14.8. The summed E-state index contributed by atoms with van der Waals surface area (Å²) in [6.07, 6.45) is 2.93. The Bertz CT molecular complexity index is 465. The minimum Gasteiger partial charge on any atom is -0.396 e. The Balaban J connectivity index is 2.54. The summed E-state index contributed by atoms with van der Waals surface area (Å²) in [6, 6.07) is 5.02. The second-order valence-corrected chi connectivity index (χ2v) is 4.84. The third-order valence-corrected chi connectivity index (χ3v) is 3.01. The van der Waals surface area contributed by atoms with E-state index in [1.54, 1.807) is 12.1 Å². The fourth-order valence-corrected chi connectivity index (χ4v) is 1.97. The largest absolute Gasteiger partial charge is 0.396 e. The molecule has 0 radical (unpaired) electrons. The van der Waals surface area contributed by atoms with E-state index in [-0.39, 0.29) is 19.0 Å². The van der Waals surface area contributed by atoms with Gasteiger partial charge in [0.15, 0.2) is 0 Å². The van der Waals surface area contributed by atoms with Crippen LogP contribution in [-0.4, -0.2) is 36.8 Å². The summed E-state index contributed by atoms with van der Waals surface area (Å²) in [5.41, 5.74) is 6.75. The number of hydrogen-bond donors (Lipinski definition) is 2. The van der Waals surface area contributed by atoms with Crippen LogP contribution in [0.25, 0.3) is 0 Å². The SMILES string of the molecule is CN(CCCCCO)Cc1ccc(F)c(C#CCN)c1. The first-order valence-electron chi connectivity index (χ1n) is 6.94. The highest BCUT2D eigenvalue weighted by molar-refractivity contribution is 5.38. The van der Waals surface area contributed by atoms with Crippen molar-refractivity contribution in [3.8, 4) is 11.8 Å². The molecule has 0 aliphatic heterocycles. The molecule has 0 aliphatic carbocycles. The van der Waals surface area contributed by atoms with Gasteiger partial charge in [0, 0.05) is 13.2 Å². The van der Waals surface area contributed by atoms with E-state index in [1.807, 2.05) is 7.05 Å². The van der Waals surface area contributed by atoms with Gasteiger partial charge in [0.1, 0.15) is 5.82 Å². The van der Waals surface area contributed by atoms with Gasteiger partial charge in [-0.15, -0.1) is 0 Å². The number of aliphatic hydroxyl groups is 1. The van der Waals surface area contributed by atoms with Gasteiger partial charge in [0.2, 0.25) is 0 Å². The number of nitrogens with zero attached hydrogens (tertiary/aromatic N) is 1. The van der Waals surface area contributed by atoms with E-state index in [0.717, 1.165) is 37.9 Å². The molecule has 0 saturated carbocycles. The topological polar surface area (TPSA) is 49.5 Å². The van der Waals surface area contributed by atoms with Crippen LogP contribution in [0.5, 0.6) is 0 Å². The van der Waals surface area contributed by atoms with Crippen LogP contribution in [0, 0.1) is 17.7 Å². The normalized spacial score (nSPS) is 10.4. The summed E-state index contributed by atoms with van der Waals surface area (Å²) in [4.78, 5) is 2.19. The number of rotatable bonds is 7. The molecule has 0 heterocycles. The summed E-state index contributed by atoms with van der Waals surface area (Å²) in [5.74, 6) is 5.12. The van der Waals surface area contributed by atoms with Gasteiger partial charge in [-0.05, 0) is 50.6 Å². The highest BCUT2D eigenvalue weighted by Crippen LogP contribution is 2.11. The second-order valence-electron chi connectivity index (χ2n) is 4.84. The molecule has 0 atom stereocenters. The van der Waals surface area contributed by atoms with Crippen molar-refractivity contribution in [1.82, 2.24) is 4.90 Å². The maximum Gasteiger partial charge on any atom is 0.138 e. The van der Waals surface area contributed by atoms with Gasteiger partial charge in [-0.25, -0.2) is 4.39 Å². The zero-order valence-electron chi connectivity index (χ0n) is 12.0. The Morgan fingerprint density at radius 3 is 2.80 bits per heavy atom. The van der Waals surface area contributed by atoms with E-state index in [9.17, 15) is 4.39 Å². The van der Waals surface area contributed by atoms with Crippen LogP contribution in [0.3, 0.4) is 0 Å². The molecule has 1 aromatic rings. The molecule has 20 heavy (non-hydrogen) atoms. The van der Waals surface area contributed by atoms with Crippen LogP contribution in [0.2, 0.25) is 0 Å². The predicted octanol–water partition coefficient (Wildman–Crippen LogP) is 1.73. The molecular weight excluding hydrogens is 255 g/mol. The third-order valence-electron chi connectivity index (χ3n) is 3.01. The summed E-state index contributed by atoms with van der Waals surface area (Å²) < 4.78 is 13.5. The fourth-order valence-electron chi connectivity index (χ4n) is 1.97. The molecule has 1 rings (SSSR count). The van der Waals surface area contributed by atoms with Gasteiger partial charge in [0.05, 0.1) is 12.1 Å². The van der Waals surface area contributed by atoms with Crippen molar-refractivity contribution in [3.63, 3.8) is 0 Å². The van der Waals surface area contributed by atoms with E-state index < -0.39 is 0 Å². The number of aliphatic hydroxyl groups excluding tert-OH is 1.